The first-order chi connectivity index (χ1) is 10.0. The van der Waals surface area contributed by atoms with Gasteiger partial charge in [0.15, 0.2) is 0 Å². The maximum atomic E-state index is 12.5. The number of nitrogens with one attached hydrogen (secondary N) is 2. The molecule has 0 amide bonds. The molecular formula is C15H25N3O2S. The monoisotopic (exact) mass is 311 g/mol. The van der Waals surface area contributed by atoms with Crippen molar-refractivity contribution in [1.29, 1.82) is 0 Å². The molecule has 0 aromatic heterocycles. The summed E-state index contributed by atoms with van der Waals surface area (Å²) in [4.78, 5) is 2.70. The topological polar surface area (TPSA) is 61.4 Å². The summed E-state index contributed by atoms with van der Waals surface area (Å²) in [5.74, 6) is 0. The zero-order valence-electron chi connectivity index (χ0n) is 12.8. The van der Waals surface area contributed by atoms with Crippen LogP contribution in [0.3, 0.4) is 0 Å². The third-order valence-electron chi connectivity index (χ3n) is 3.96. The zero-order valence-corrected chi connectivity index (χ0v) is 13.6. The van der Waals surface area contributed by atoms with Crippen molar-refractivity contribution >= 4 is 10.0 Å². The van der Waals surface area contributed by atoms with E-state index in [1.807, 2.05) is 19.2 Å². The molecule has 1 heterocycles. The minimum atomic E-state index is -3.45. The molecule has 1 aromatic rings. The molecular weight excluding hydrogens is 286 g/mol. The van der Waals surface area contributed by atoms with Gasteiger partial charge in [0.2, 0.25) is 10.0 Å². The van der Waals surface area contributed by atoms with Crippen LogP contribution in [0.5, 0.6) is 0 Å². The molecule has 0 bridgehead atoms. The van der Waals surface area contributed by atoms with Gasteiger partial charge in [0.05, 0.1) is 4.90 Å². The van der Waals surface area contributed by atoms with Crippen LogP contribution in [-0.2, 0) is 16.6 Å². The van der Waals surface area contributed by atoms with Crippen LogP contribution in [0.4, 0.5) is 0 Å². The molecule has 1 aliphatic rings. The van der Waals surface area contributed by atoms with Crippen LogP contribution in [0.25, 0.3) is 0 Å². The van der Waals surface area contributed by atoms with Crippen molar-refractivity contribution in [1.82, 2.24) is 14.9 Å². The van der Waals surface area contributed by atoms with Crippen molar-refractivity contribution in [3.63, 3.8) is 0 Å². The number of hydrogen-bond acceptors (Lipinski definition) is 4. The molecule has 0 aliphatic carbocycles. The average Bonchev–Trinajstić information content (AvgIpc) is 3.00. The van der Waals surface area contributed by atoms with E-state index in [2.05, 4.69) is 21.9 Å². The lowest BCUT2D eigenvalue weighted by molar-refractivity contribution is 0.260. The summed E-state index contributed by atoms with van der Waals surface area (Å²) in [5.41, 5.74) is 0.793. The highest BCUT2D eigenvalue weighted by Gasteiger charge is 2.22. The van der Waals surface area contributed by atoms with Crippen molar-refractivity contribution in [2.45, 2.75) is 37.2 Å². The first-order valence-corrected chi connectivity index (χ1v) is 8.99. The second-order valence-corrected chi connectivity index (χ2v) is 7.32. The number of sulfonamides is 1. The van der Waals surface area contributed by atoms with Gasteiger partial charge in [-0.2, -0.15) is 0 Å². The average molecular weight is 311 g/mol. The molecule has 1 atom stereocenters. The minimum Gasteiger partial charge on any atom is -0.316 e. The summed E-state index contributed by atoms with van der Waals surface area (Å²) < 4.78 is 27.7. The van der Waals surface area contributed by atoms with Crippen molar-refractivity contribution < 1.29 is 8.42 Å². The van der Waals surface area contributed by atoms with Crippen LogP contribution < -0.4 is 10.0 Å². The van der Waals surface area contributed by atoms with Crippen molar-refractivity contribution in [3.05, 3.63) is 29.8 Å². The lowest BCUT2D eigenvalue weighted by Crippen LogP contribution is -2.40. The van der Waals surface area contributed by atoms with Gasteiger partial charge in [-0.05, 0) is 51.5 Å². The van der Waals surface area contributed by atoms with E-state index in [0.29, 0.717) is 18.0 Å². The lowest BCUT2D eigenvalue weighted by atomic mass is 10.2. The first kappa shape index (κ1) is 16.4. The molecule has 0 saturated carbocycles. The standard InChI is InChI=1S/C15H25N3O2S/c1-13(18-9-5-6-10-18)11-17-21(19,20)15-8-4-3-7-14(15)12-16-2/h3-4,7-8,13,16-17H,5-6,9-12H2,1-2H3. The predicted molar refractivity (Wildman–Crippen MR) is 84.7 cm³/mol. The molecule has 1 aromatic carbocycles. The third kappa shape index (κ3) is 4.26. The van der Waals surface area contributed by atoms with E-state index in [-0.39, 0.29) is 6.04 Å². The van der Waals surface area contributed by atoms with E-state index < -0.39 is 10.0 Å². The molecule has 1 saturated heterocycles. The van der Waals surface area contributed by atoms with Gasteiger partial charge in [0.25, 0.3) is 0 Å². The molecule has 21 heavy (non-hydrogen) atoms. The van der Waals surface area contributed by atoms with E-state index >= 15 is 0 Å². The number of nitrogens with zero attached hydrogens (tertiary/aromatic N) is 1. The van der Waals surface area contributed by atoms with Crippen molar-refractivity contribution in [2.75, 3.05) is 26.7 Å². The molecule has 0 spiro atoms. The van der Waals surface area contributed by atoms with Crippen molar-refractivity contribution in [2.24, 2.45) is 0 Å². The van der Waals surface area contributed by atoms with Gasteiger partial charge in [-0.3, -0.25) is 4.90 Å². The molecule has 2 rings (SSSR count). The van der Waals surface area contributed by atoms with E-state index in [4.69, 9.17) is 0 Å². The maximum Gasteiger partial charge on any atom is 0.240 e. The van der Waals surface area contributed by atoms with Crippen LogP contribution in [0.1, 0.15) is 25.3 Å². The molecule has 6 heteroatoms. The number of hydrogen-bond donors (Lipinski definition) is 2. The van der Waals surface area contributed by atoms with Gasteiger partial charge in [-0.15, -0.1) is 0 Å². The van der Waals surface area contributed by atoms with E-state index in [0.717, 1.165) is 18.7 Å². The lowest BCUT2D eigenvalue weighted by Gasteiger charge is -2.24. The third-order valence-corrected chi connectivity index (χ3v) is 5.49. The molecule has 118 valence electrons. The van der Waals surface area contributed by atoms with Crippen LogP contribution in [0, 0.1) is 0 Å². The van der Waals surface area contributed by atoms with E-state index in [9.17, 15) is 8.42 Å². The number of rotatable bonds is 7. The maximum absolute atomic E-state index is 12.5. The fourth-order valence-electron chi connectivity index (χ4n) is 2.72. The van der Waals surface area contributed by atoms with Crippen LogP contribution in [0.15, 0.2) is 29.2 Å². The summed E-state index contributed by atoms with van der Waals surface area (Å²) >= 11 is 0. The molecule has 2 N–H and O–H groups in total. The van der Waals surface area contributed by atoms with Crippen LogP contribution in [0.2, 0.25) is 0 Å². The summed E-state index contributed by atoms with van der Waals surface area (Å²) in [7, 11) is -1.64. The van der Waals surface area contributed by atoms with Crippen LogP contribution >= 0.6 is 0 Å². The van der Waals surface area contributed by atoms with Crippen LogP contribution in [-0.4, -0.2) is 46.0 Å². The Balaban J connectivity index is 2.04. The second kappa shape index (κ2) is 7.35. The Bertz CT molecular complexity index is 554. The van der Waals surface area contributed by atoms with Gasteiger partial charge >= 0.3 is 0 Å². The Labute approximate surface area is 127 Å². The molecule has 5 nitrogen and oxygen atoms in total. The highest BCUT2D eigenvalue weighted by Crippen LogP contribution is 2.16. The van der Waals surface area contributed by atoms with Gasteiger partial charge < -0.3 is 5.32 Å². The Kier molecular flexibility index (Phi) is 5.75. The summed E-state index contributed by atoms with van der Waals surface area (Å²) in [6.07, 6.45) is 2.42. The SMILES string of the molecule is CNCc1ccccc1S(=O)(=O)NCC(C)N1CCCC1. The summed E-state index contributed by atoms with van der Waals surface area (Å²) in [6, 6.07) is 7.36. The fraction of sp³-hybridized carbons (Fsp3) is 0.600. The summed E-state index contributed by atoms with van der Waals surface area (Å²) in [5, 5.41) is 3.01. The Hall–Kier alpha value is -0.950. The van der Waals surface area contributed by atoms with E-state index in [1.165, 1.54) is 12.8 Å². The van der Waals surface area contributed by atoms with Crippen molar-refractivity contribution in [3.8, 4) is 0 Å². The van der Waals surface area contributed by atoms with Gasteiger partial charge in [-0.25, -0.2) is 13.1 Å². The summed E-state index contributed by atoms with van der Waals surface area (Å²) in [6.45, 7) is 5.21. The van der Waals surface area contributed by atoms with Gasteiger partial charge in [0, 0.05) is 19.1 Å². The fourth-order valence-corrected chi connectivity index (χ4v) is 4.08. The highest BCUT2D eigenvalue weighted by atomic mass is 32.2. The Morgan fingerprint density at radius 3 is 2.57 bits per heavy atom. The minimum absolute atomic E-state index is 0.235. The second-order valence-electron chi connectivity index (χ2n) is 5.58. The quantitative estimate of drug-likeness (QED) is 0.793. The van der Waals surface area contributed by atoms with E-state index in [1.54, 1.807) is 12.1 Å². The molecule has 1 unspecified atom stereocenters. The Morgan fingerprint density at radius 2 is 1.90 bits per heavy atom. The number of benzene rings is 1. The number of likely N-dealkylation sites (tertiary alicyclic amines) is 1. The smallest absolute Gasteiger partial charge is 0.240 e. The molecule has 1 aliphatic heterocycles. The zero-order chi connectivity index (χ0) is 15.3. The largest absolute Gasteiger partial charge is 0.316 e. The normalized spacial score (nSPS) is 18.0. The van der Waals surface area contributed by atoms with Gasteiger partial charge in [-0.1, -0.05) is 18.2 Å². The van der Waals surface area contributed by atoms with Gasteiger partial charge in [0.1, 0.15) is 0 Å². The molecule has 0 radical (unpaired) electrons. The Morgan fingerprint density at radius 1 is 1.24 bits per heavy atom. The highest BCUT2D eigenvalue weighted by molar-refractivity contribution is 7.89. The predicted octanol–water partition coefficient (Wildman–Crippen LogP) is 1.17. The first-order valence-electron chi connectivity index (χ1n) is 7.51. The molecule has 1 fully saturated rings.